The normalized spacial score (nSPS) is 12.3. The van der Waals surface area contributed by atoms with Crippen LogP contribution in [0.15, 0.2) is 24.3 Å². The Hall–Kier alpha value is -2.64. The third-order valence-electron chi connectivity index (χ3n) is 5.52. The fourth-order valence-electron chi connectivity index (χ4n) is 3.95. The number of carbonyl (C=O) groups excluding carboxylic acids is 1. The van der Waals surface area contributed by atoms with Crippen LogP contribution in [0.3, 0.4) is 0 Å². The van der Waals surface area contributed by atoms with E-state index in [1.54, 1.807) is 0 Å². The summed E-state index contributed by atoms with van der Waals surface area (Å²) in [5, 5.41) is 19.8. The molecule has 1 aromatic heterocycles. The number of halogens is 4. The third kappa shape index (κ3) is 4.19. The lowest BCUT2D eigenvalue weighted by atomic mass is 9.90. The molecule has 0 bridgehead atoms. The van der Waals surface area contributed by atoms with Gasteiger partial charge in [-0.2, -0.15) is 0 Å². The standard InChI is InChI=1S/C23H21Cl2F2NO4/c1-3-4-5-6-13(23(31)32)18-11(2)28(17-10-16(26)21(29)20(27)19(17)18)22(30)12-7-8-14(24)15(25)9-12/h7-10,13,29H,3-6H2,1-2H3,(H,31,32)/t13-/m0/s1. The maximum absolute atomic E-state index is 15.1. The van der Waals surface area contributed by atoms with Gasteiger partial charge in [-0.1, -0.05) is 49.4 Å². The molecule has 3 aromatic rings. The summed E-state index contributed by atoms with van der Waals surface area (Å²) in [5.41, 5.74) is 0.0921. The number of carboxylic acid groups (broad SMARTS) is 1. The van der Waals surface area contributed by atoms with Gasteiger partial charge >= 0.3 is 5.97 Å². The van der Waals surface area contributed by atoms with Crippen molar-refractivity contribution in [1.82, 2.24) is 4.57 Å². The maximum atomic E-state index is 15.1. The third-order valence-corrected chi connectivity index (χ3v) is 6.26. The van der Waals surface area contributed by atoms with Crippen LogP contribution in [0.4, 0.5) is 8.78 Å². The second kappa shape index (κ2) is 9.46. The van der Waals surface area contributed by atoms with Crippen molar-refractivity contribution in [2.45, 2.75) is 45.4 Å². The zero-order valence-corrected chi connectivity index (χ0v) is 18.9. The molecule has 0 aliphatic carbocycles. The van der Waals surface area contributed by atoms with Crippen LogP contribution in [-0.4, -0.2) is 26.7 Å². The fourth-order valence-corrected chi connectivity index (χ4v) is 4.25. The summed E-state index contributed by atoms with van der Waals surface area (Å²) in [6, 6.07) is 4.96. The van der Waals surface area contributed by atoms with Gasteiger partial charge in [-0.05, 0) is 37.1 Å². The van der Waals surface area contributed by atoms with Gasteiger partial charge < -0.3 is 10.2 Å². The van der Waals surface area contributed by atoms with Crippen LogP contribution in [0.1, 0.15) is 60.1 Å². The summed E-state index contributed by atoms with van der Waals surface area (Å²) < 4.78 is 30.4. The number of benzene rings is 2. The van der Waals surface area contributed by atoms with Crippen LogP contribution in [0, 0.1) is 18.6 Å². The highest BCUT2D eigenvalue weighted by molar-refractivity contribution is 6.42. The second-order valence-electron chi connectivity index (χ2n) is 7.57. The zero-order valence-electron chi connectivity index (χ0n) is 17.4. The van der Waals surface area contributed by atoms with Gasteiger partial charge in [-0.15, -0.1) is 0 Å². The minimum atomic E-state index is -1.31. The van der Waals surface area contributed by atoms with Crippen molar-refractivity contribution < 1.29 is 28.6 Å². The quantitative estimate of drug-likeness (QED) is 0.367. The van der Waals surface area contributed by atoms with Crippen molar-refractivity contribution >= 4 is 46.0 Å². The van der Waals surface area contributed by atoms with Crippen LogP contribution in [-0.2, 0) is 4.79 Å². The van der Waals surface area contributed by atoms with E-state index in [1.165, 1.54) is 25.1 Å². The molecule has 0 spiro atoms. The Labute approximate surface area is 193 Å². The zero-order chi connectivity index (χ0) is 23.7. The van der Waals surface area contributed by atoms with Crippen molar-refractivity contribution in [3.05, 3.63) is 62.8 Å². The van der Waals surface area contributed by atoms with Crippen LogP contribution in [0.5, 0.6) is 5.75 Å². The van der Waals surface area contributed by atoms with Gasteiger partial charge in [0.25, 0.3) is 5.91 Å². The molecular formula is C23H21Cl2F2NO4. The smallest absolute Gasteiger partial charge is 0.311 e. The molecule has 1 atom stereocenters. The van der Waals surface area contributed by atoms with E-state index in [0.717, 1.165) is 23.5 Å². The SMILES string of the molecule is CCCCC[C@H](C(=O)O)c1c(C)n(C(=O)c2ccc(Cl)c(Cl)c2)c2cc(F)c(O)c(F)c12. The summed E-state index contributed by atoms with van der Waals surface area (Å²) in [5.74, 6) is -6.81. The van der Waals surface area contributed by atoms with Crippen molar-refractivity contribution in [2.75, 3.05) is 0 Å². The Bertz CT molecular complexity index is 1220. The monoisotopic (exact) mass is 483 g/mol. The summed E-state index contributed by atoms with van der Waals surface area (Å²) in [6.45, 7) is 3.43. The van der Waals surface area contributed by atoms with E-state index < -0.39 is 35.2 Å². The predicted octanol–water partition coefficient (Wildman–Crippen LogP) is 6.68. The molecule has 0 saturated heterocycles. The summed E-state index contributed by atoms with van der Waals surface area (Å²) in [6.07, 6.45) is 2.38. The number of aromatic hydroxyl groups is 1. The number of aromatic nitrogens is 1. The molecule has 5 nitrogen and oxygen atoms in total. The lowest BCUT2D eigenvalue weighted by molar-refractivity contribution is -0.139. The highest BCUT2D eigenvalue weighted by Gasteiger charge is 2.32. The Morgan fingerprint density at radius 3 is 2.41 bits per heavy atom. The first-order valence-electron chi connectivity index (χ1n) is 10.0. The van der Waals surface area contributed by atoms with Crippen LogP contribution in [0.25, 0.3) is 10.9 Å². The molecule has 2 aromatic carbocycles. The number of carbonyl (C=O) groups is 2. The van der Waals surface area contributed by atoms with Gasteiger partial charge in [0.1, 0.15) is 0 Å². The van der Waals surface area contributed by atoms with Crippen LogP contribution < -0.4 is 0 Å². The largest absolute Gasteiger partial charge is 0.503 e. The first kappa shape index (κ1) is 24.0. The average molecular weight is 484 g/mol. The van der Waals surface area contributed by atoms with E-state index >= 15 is 4.39 Å². The lowest BCUT2D eigenvalue weighted by Gasteiger charge is -2.14. The first-order valence-corrected chi connectivity index (χ1v) is 10.8. The van der Waals surface area contributed by atoms with Gasteiger partial charge in [0, 0.05) is 22.7 Å². The van der Waals surface area contributed by atoms with Crippen molar-refractivity contribution in [1.29, 1.82) is 0 Å². The molecule has 170 valence electrons. The van der Waals surface area contributed by atoms with Crippen molar-refractivity contribution in [2.24, 2.45) is 0 Å². The Balaban J connectivity index is 2.32. The highest BCUT2D eigenvalue weighted by Crippen LogP contribution is 2.40. The summed E-state index contributed by atoms with van der Waals surface area (Å²) in [4.78, 5) is 25.4. The number of nitrogens with zero attached hydrogens (tertiary/aromatic N) is 1. The number of aliphatic carboxylic acids is 1. The van der Waals surface area contributed by atoms with E-state index in [-0.39, 0.29) is 44.2 Å². The molecule has 0 unspecified atom stereocenters. The molecular weight excluding hydrogens is 463 g/mol. The van der Waals surface area contributed by atoms with E-state index in [0.29, 0.717) is 6.42 Å². The number of hydrogen-bond donors (Lipinski definition) is 2. The maximum Gasteiger partial charge on any atom is 0.311 e. The molecule has 0 fully saturated rings. The topological polar surface area (TPSA) is 79.5 Å². The van der Waals surface area contributed by atoms with Gasteiger partial charge in [-0.25, -0.2) is 8.78 Å². The molecule has 0 aliphatic heterocycles. The van der Waals surface area contributed by atoms with Gasteiger partial charge in [-0.3, -0.25) is 14.2 Å². The van der Waals surface area contributed by atoms with Crippen LogP contribution >= 0.6 is 23.2 Å². The van der Waals surface area contributed by atoms with Gasteiger partial charge in [0.15, 0.2) is 17.4 Å². The Kier molecular flexibility index (Phi) is 7.10. The van der Waals surface area contributed by atoms with E-state index in [2.05, 4.69) is 0 Å². The number of carboxylic acids is 1. The van der Waals surface area contributed by atoms with E-state index in [1.807, 2.05) is 6.92 Å². The molecule has 9 heteroatoms. The van der Waals surface area contributed by atoms with Gasteiger partial charge in [0.2, 0.25) is 0 Å². The number of hydrogen-bond acceptors (Lipinski definition) is 3. The second-order valence-corrected chi connectivity index (χ2v) is 8.38. The number of rotatable bonds is 7. The summed E-state index contributed by atoms with van der Waals surface area (Å²) >= 11 is 11.9. The fraction of sp³-hybridized carbons (Fsp3) is 0.304. The van der Waals surface area contributed by atoms with Crippen molar-refractivity contribution in [3.63, 3.8) is 0 Å². The minimum Gasteiger partial charge on any atom is -0.503 e. The lowest BCUT2D eigenvalue weighted by Crippen LogP contribution is -2.16. The van der Waals surface area contributed by atoms with Crippen molar-refractivity contribution in [3.8, 4) is 5.75 Å². The Morgan fingerprint density at radius 1 is 1.12 bits per heavy atom. The minimum absolute atomic E-state index is 0.0322. The van der Waals surface area contributed by atoms with E-state index in [4.69, 9.17) is 23.2 Å². The molecule has 0 saturated carbocycles. The molecule has 0 aliphatic rings. The molecule has 3 rings (SSSR count). The van der Waals surface area contributed by atoms with Crippen LogP contribution in [0.2, 0.25) is 10.0 Å². The average Bonchev–Trinajstić information content (AvgIpc) is 3.02. The number of phenolic OH excluding ortho intramolecular Hbond substituents is 1. The number of fused-ring (bicyclic) bond motifs is 1. The molecule has 1 heterocycles. The molecule has 0 amide bonds. The predicted molar refractivity (Wildman–Crippen MR) is 119 cm³/mol. The molecule has 0 radical (unpaired) electrons. The van der Waals surface area contributed by atoms with Gasteiger partial charge in [0.05, 0.1) is 21.5 Å². The molecule has 2 N–H and O–H groups in total. The first-order chi connectivity index (χ1) is 15.1. The highest BCUT2D eigenvalue weighted by atomic mass is 35.5. The molecule has 32 heavy (non-hydrogen) atoms. The van der Waals surface area contributed by atoms with E-state index in [9.17, 15) is 24.2 Å². The number of phenols is 1. The number of unbranched alkanes of at least 4 members (excludes halogenated alkanes) is 2. The summed E-state index contributed by atoms with van der Waals surface area (Å²) in [7, 11) is 0. The Morgan fingerprint density at radius 2 is 1.81 bits per heavy atom.